The van der Waals surface area contributed by atoms with Gasteiger partial charge in [-0.1, -0.05) is 20.8 Å². The number of rotatable bonds is 8. The summed E-state index contributed by atoms with van der Waals surface area (Å²) in [6.45, 7) is 15.5. The van der Waals surface area contributed by atoms with E-state index in [0.29, 0.717) is 0 Å². The predicted octanol–water partition coefficient (Wildman–Crippen LogP) is 2.94. The molecule has 2 N–H and O–H groups in total. The Hall–Kier alpha value is -0.0400. The molecule has 1 fully saturated rings. The molecular formula is C16H35IN4. The summed E-state index contributed by atoms with van der Waals surface area (Å²) in [7, 11) is 0. The lowest BCUT2D eigenvalue weighted by molar-refractivity contribution is 0.343. The average Bonchev–Trinajstić information content (AvgIpc) is 2.88. The zero-order valence-corrected chi connectivity index (χ0v) is 16.7. The number of nitrogens with one attached hydrogen (secondary N) is 2. The number of likely N-dealkylation sites (tertiary alicyclic amines) is 1. The lowest BCUT2D eigenvalue weighted by atomic mass is 10.1. The molecule has 4 nitrogen and oxygen atoms in total. The van der Waals surface area contributed by atoms with Crippen LogP contribution in [0.25, 0.3) is 0 Å². The third-order valence-corrected chi connectivity index (χ3v) is 3.92. The van der Waals surface area contributed by atoms with E-state index in [1.165, 1.54) is 38.9 Å². The first-order chi connectivity index (χ1) is 9.65. The largest absolute Gasteiger partial charge is 0.357 e. The van der Waals surface area contributed by atoms with Gasteiger partial charge in [0, 0.05) is 26.2 Å². The molecule has 1 aliphatic rings. The summed E-state index contributed by atoms with van der Waals surface area (Å²) in [6.07, 6.45) is 3.79. The van der Waals surface area contributed by atoms with Gasteiger partial charge in [0.15, 0.2) is 5.96 Å². The van der Waals surface area contributed by atoms with E-state index in [9.17, 15) is 0 Å². The third kappa shape index (κ3) is 9.55. The zero-order valence-electron chi connectivity index (χ0n) is 14.3. The zero-order chi connectivity index (χ0) is 14.8. The quantitative estimate of drug-likeness (QED) is 0.280. The molecule has 0 aromatic heterocycles. The highest BCUT2D eigenvalue weighted by molar-refractivity contribution is 14.0. The second-order valence-electron chi connectivity index (χ2n) is 6.23. The number of nitrogens with zero attached hydrogens (tertiary/aromatic N) is 2. The normalized spacial score (nSPS) is 19.7. The fraction of sp³-hybridized carbons (Fsp3) is 0.938. The molecular weight excluding hydrogens is 375 g/mol. The fourth-order valence-corrected chi connectivity index (χ4v) is 2.63. The van der Waals surface area contributed by atoms with E-state index < -0.39 is 0 Å². The van der Waals surface area contributed by atoms with Crippen LogP contribution in [0.5, 0.6) is 0 Å². The second kappa shape index (κ2) is 12.5. The summed E-state index contributed by atoms with van der Waals surface area (Å²) in [6, 6.07) is 0. The molecule has 1 rings (SSSR count). The minimum absolute atomic E-state index is 0. The van der Waals surface area contributed by atoms with Crippen molar-refractivity contribution in [3.63, 3.8) is 0 Å². The van der Waals surface area contributed by atoms with Gasteiger partial charge < -0.3 is 15.5 Å². The van der Waals surface area contributed by atoms with Crippen LogP contribution in [-0.2, 0) is 0 Å². The maximum atomic E-state index is 4.75. The summed E-state index contributed by atoms with van der Waals surface area (Å²) < 4.78 is 0. The summed E-state index contributed by atoms with van der Waals surface area (Å²) in [5.74, 6) is 2.52. The van der Waals surface area contributed by atoms with Crippen molar-refractivity contribution in [2.45, 2.75) is 47.0 Å². The fourth-order valence-electron chi connectivity index (χ4n) is 2.63. The van der Waals surface area contributed by atoms with Crippen LogP contribution in [0.4, 0.5) is 0 Å². The molecule has 5 heteroatoms. The van der Waals surface area contributed by atoms with Crippen LogP contribution in [0, 0.1) is 11.8 Å². The molecule has 0 radical (unpaired) electrons. The summed E-state index contributed by atoms with van der Waals surface area (Å²) in [4.78, 5) is 7.27. The molecule has 126 valence electrons. The van der Waals surface area contributed by atoms with Crippen LogP contribution in [0.3, 0.4) is 0 Å². The van der Waals surface area contributed by atoms with Gasteiger partial charge in [-0.25, -0.2) is 0 Å². The standard InChI is InChI=1S/C16H34N4.HI/c1-5-17-16(18-10-7-8-14(3)4)19-12-15-9-11-20(6-2)13-15;/h14-15H,5-13H2,1-4H3,(H2,17,18,19);1H. The molecule has 0 bridgehead atoms. The van der Waals surface area contributed by atoms with Crippen LogP contribution in [0.1, 0.15) is 47.0 Å². The molecule has 1 atom stereocenters. The van der Waals surface area contributed by atoms with E-state index in [1.807, 2.05) is 0 Å². The molecule has 0 amide bonds. The number of halogens is 1. The molecule has 0 saturated carbocycles. The van der Waals surface area contributed by atoms with Gasteiger partial charge in [-0.15, -0.1) is 24.0 Å². The topological polar surface area (TPSA) is 39.7 Å². The van der Waals surface area contributed by atoms with E-state index in [2.05, 4.69) is 43.2 Å². The summed E-state index contributed by atoms with van der Waals surface area (Å²) in [5.41, 5.74) is 0. The van der Waals surface area contributed by atoms with Gasteiger partial charge in [0.1, 0.15) is 0 Å². The van der Waals surface area contributed by atoms with E-state index in [4.69, 9.17) is 4.99 Å². The van der Waals surface area contributed by atoms with Crippen molar-refractivity contribution < 1.29 is 0 Å². The number of guanidine groups is 1. The Morgan fingerprint density at radius 3 is 2.62 bits per heavy atom. The van der Waals surface area contributed by atoms with Gasteiger partial charge >= 0.3 is 0 Å². The van der Waals surface area contributed by atoms with Gasteiger partial charge in [-0.2, -0.15) is 0 Å². The first-order valence-corrected chi connectivity index (χ1v) is 8.40. The molecule has 0 aliphatic carbocycles. The summed E-state index contributed by atoms with van der Waals surface area (Å²) in [5, 5.41) is 6.80. The Balaban J connectivity index is 0.00000400. The molecule has 0 aromatic rings. The SMILES string of the molecule is CCNC(=NCC1CCN(CC)C1)NCCCC(C)C.I. The smallest absolute Gasteiger partial charge is 0.191 e. The van der Waals surface area contributed by atoms with E-state index in [1.54, 1.807) is 0 Å². The Morgan fingerprint density at radius 1 is 1.29 bits per heavy atom. The maximum Gasteiger partial charge on any atom is 0.191 e. The number of hydrogen-bond acceptors (Lipinski definition) is 2. The Kier molecular flexibility index (Phi) is 12.5. The van der Waals surface area contributed by atoms with Crippen molar-refractivity contribution in [3.05, 3.63) is 0 Å². The Labute approximate surface area is 148 Å². The highest BCUT2D eigenvalue weighted by atomic mass is 127. The van der Waals surface area contributed by atoms with Crippen LogP contribution < -0.4 is 10.6 Å². The van der Waals surface area contributed by atoms with Crippen LogP contribution in [-0.4, -0.2) is 50.1 Å². The van der Waals surface area contributed by atoms with E-state index in [-0.39, 0.29) is 24.0 Å². The van der Waals surface area contributed by atoms with Crippen molar-refractivity contribution in [1.82, 2.24) is 15.5 Å². The molecule has 0 spiro atoms. The second-order valence-corrected chi connectivity index (χ2v) is 6.23. The lowest BCUT2D eigenvalue weighted by Crippen LogP contribution is -2.38. The summed E-state index contributed by atoms with van der Waals surface area (Å²) >= 11 is 0. The molecule has 1 heterocycles. The monoisotopic (exact) mass is 410 g/mol. The van der Waals surface area contributed by atoms with Gasteiger partial charge in [-0.05, 0) is 51.1 Å². The molecule has 1 aliphatic heterocycles. The molecule has 1 unspecified atom stereocenters. The molecule has 21 heavy (non-hydrogen) atoms. The predicted molar refractivity (Wildman–Crippen MR) is 104 cm³/mol. The van der Waals surface area contributed by atoms with Gasteiger partial charge in [0.2, 0.25) is 0 Å². The van der Waals surface area contributed by atoms with Crippen molar-refractivity contribution >= 4 is 29.9 Å². The molecule has 0 aromatic carbocycles. The minimum Gasteiger partial charge on any atom is -0.357 e. The van der Waals surface area contributed by atoms with Crippen LogP contribution in [0.2, 0.25) is 0 Å². The van der Waals surface area contributed by atoms with E-state index in [0.717, 1.165) is 37.4 Å². The van der Waals surface area contributed by atoms with Gasteiger partial charge in [0.25, 0.3) is 0 Å². The van der Waals surface area contributed by atoms with Crippen LogP contribution >= 0.6 is 24.0 Å². The average molecular weight is 410 g/mol. The van der Waals surface area contributed by atoms with Gasteiger partial charge in [0.05, 0.1) is 0 Å². The van der Waals surface area contributed by atoms with Crippen molar-refractivity contribution in [1.29, 1.82) is 0 Å². The van der Waals surface area contributed by atoms with Gasteiger partial charge in [-0.3, -0.25) is 4.99 Å². The lowest BCUT2D eigenvalue weighted by Gasteiger charge is -2.14. The maximum absolute atomic E-state index is 4.75. The first kappa shape index (κ1) is 21.0. The Morgan fingerprint density at radius 2 is 2.05 bits per heavy atom. The van der Waals surface area contributed by atoms with Crippen molar-refractivity contribution in [2.24, 2.45) is 16.8 Å². The highest BCUT2D eigenvalue weighted by Gasteiger charge is 2.20. The molecule has 1 saturated heterocycles. The number of aliphatic imine (C=N–C) groups is 1. The van der Waals surface area contributed by atoms with Crippen molar-refractivity contribution in [3.8, 4) is 0 Å². The highest BCUT2D eigenvalue weighted by Crippen LogP contribution is 2.15. The van der Waals surface area contributed by atoms with E-state index >= 15 is 0 Å². The van der Waals surface area contributed by atoms with Crippen LogP contribution in [0.15, 0.2) is 4.99 Å². The first-order valence-electron chi connectivity index (χ1n) is 8.40. The third-order valence-electron chi connectivity index (χ3n) is 3.92. The van der Waals surface area contributed by atoms with Crippen molar-refractivity contribution in [2.75, 3.05) is 39.3 Å². The minimum atomic E-state index is 0. The number of hydrogen-bond donors (Lipinski definition) is 2. The Bertz CT molecular complexity index is 281.